The Morgan fingerprint density at radius 1 is 1.11 bits per heavy atom. The van der Waals surface area contributed by atoms with Crippen molar-refractivity contribution in [3.8, 4) is 11.3 Å². The van der Waals surface area contributed by atoms with Crippen LogP contribution in [0.25, 0.3) is 22.2 Å². The first-order valence-electron chi connectivity index (χ1n) is 8.47. The molecule has 0 spiro atoms. The number of aryl methyl sites for hydroxylation is 1. The Hall–Kier alpha value is -4.07. The Kier molecular flexibility index (Phi) is 4.51. The van der Waals surface area contributed by atoms with Gasteiger partial charge < -0.3 is 4.42 Å². The minimum Gasteiger partial charge on any atom is -0.400 e. The molecule has 4 rings (SSSR count). The highest BCUT2D eigenvalue weighted by molar-refractivity contribution is 5.93. The van der Waals surface area contributed by atoms with Crippen molar-refractivity contribution in [2.24, 2.45) is 5.10 Å². The molecule has 0 radical (unpaired) electrons. The summed E-state index contributed by atoms with van der Waals surface area (Å²) in [4.78, 5) is 19.2. The number of aromatic nitrogens is 2. The van der Waals surface area contributed by atoms with Gasteiger partial charge in [-0.3, -0.25) is 10.1 Å². The number of benzene rings is 2. The van der Waals surface area contributed by atoms with Crippen molar-refractivity contribution in [3.63, 3.8) is 0 Å². The van der Waals surface area contributed by atoms with Crippen LogP contribution in [-0.2, 0) is 0 Å². The predicted octanol–water partition coefficient (Wildman–Crippen LogP) is 4.55. The number of furan rings is 1. The van der Waals surface area contributed by atoms with Crippen LogP contribution in [0.3, 0.4) is 0 Å². The normalized spacial score (nSPS) is 11.2. The molecule has 2 heterocycles. The smallest absolute Gasteiger partial charge is 0.400 e. The highest BCUT2D eigenvalue weighted by Gasteiger charge is 2.11. The predicted molar refractivity (Wildman–Crippen MR) is 106 cm³/mol. The molecule has 28 heavy (non-hydrogen) atoms. The van der Waals surface area contributed by atoms with E-state index in [1.807, 2.05) is 55.5 Å². The molecule has 0 unspecified atom stereocenters. The average Bonchev–Trinajstić information content (AvgIpc) is 3.18. The molecule has 0 saturated carbocycles. The largest absolute Gasteiger partial charge is 0.433 e. The van der Waals surface area contributed by atoms with Crippen molar-refractivity contribution in [1.82, 2.24) is 9.97 Å². The van der Waals surface area contributed by atoms with Crippen LogP contribution in [0, 0.1) is 17.0 Å². The molecule has 0 atom stereocenters. The first-order valence-corrected chi connectivity index (χ1v) is 8.47. The van der Waals surface area contributed by atoms with E-state index in [0.29, 0.717) is 5.95 Å². The van der Waals surface area contributed by atoms with Gasteiger partial charge in [-0.15, -0.1) is 0 Å². The number of hydrogen-bond donors (Lipinski definition) is 1. The second kappa shape index (κ2) is 7.28. The number of anilines is 1. The van der Waals surface area contributed by atoms with Crippen molar-refractivity contribution in [3.05, 3.63) is 82.1 Å². The molecular weight excluding hydrogens is 358 g/mol. The number of nitrogens with one attached hydrogen (secondary N) is 1. The first kappa shape index (κ1) is 17.3. The molecule has 2 aromatic heterocycles. The Morgan fingerprint density at radius 2 is 1.93 bits per heavy atom. The standard InChI is InChI=1S/C20H15N5O3/c1-13-7-9-17-16(11-13)19(14-5-3-2-4-6-14)23-20(22-17)24-21-12-15-8-10-18(28-15)25(26)27/h2-12H,1H3,(H,22,23,24)/b21-12-. The van der Waals surface area contributed by atoms with Gasteiger partial charge in [0.1, 0.15) is 4.92 Å². The Morgan fingerprint density at radius 3 is 2.68 bits per heavy atom. The molecule has 0 bridgehead atoms. The van der Waals surface area contributed by atoms with Crippen LogP contribution in [0.1, 0.15) is 11.3 Å². The van der Waals surface area contributed by atoms with Gasteiger partial charge in [-0.1, -0.05) is 42.0 Å². The number of rotatable bonds is 5. The maximum Gasteiger partial charge on any atom is 0.433 e. The van der Waals surface area contributed by atoms with E-state index >= 15 is 0 Å². The van der Waals surface area contributed by atoms with Crippen LogP contribution in [0.4, 0.5) is 11.8 Å². The Balaban J connectivity index is 1.68. The van der Waals surface area contributed by atoms with Gasteiger partial charge in [0.25, 0.3) is 0 Å². The van der Waals surface area contributed by atoms with Crippen LogP contribution in [0.15, 0.2) is 70.2 Å². The molecule has 4 aromatic rings. The maximum atomic E-state index is 10.7. The molecule has 2 aromatic carbocycles. The van der Waals surface area contributed by atoms with E-state index < -0.39 is 4.92 Å². The summed E-state index contributed by atoms with van der Waals surface area (Å²) >= 11 is 0. The minimum atomic E-state index is -0.606. The third kappa shape index (κ3) is 3.56. The second-order valence-corrected chi connectivity index (χ2v) is 6.09. The Bertz CT molecular complexity index is 1190. The number of nitrogens with zero attached hydrogens (tertiary/aromatic N) is 4. The maximum absolute atomic E-state index is 10.7. The molecule has 1 N–H and O–H groups in total. The van der Waals surface area contributed by atoms with Crippen LogP contribution < -0.4 is 5.43 Å². The lowest BCUT2D eigenvalue weighted by molar-refractivity contribution is -0.402. The van der Waals surface area contributed by atoms with Gasteiger partial charge in [-0.05, 0) is 25.1 Å². The van der Waals surface area contributed by atoms with E-state index in [4.69, 9.17) is 4.42 Å². The molecule has 0 aliphatic carbocycles. The summed E-state index contributed by atoms with van der Waals surface area (Å²) in [7, 11) is 0. The van der Waals surface area contributed by atoms with Crippen molar-refractivity contribution in [2.75, 3.05) is 5.43 Å². The molecule has 138 valence electrons. The number of nitro groups is 1. The molecular formula is C20H15N5O3. The van der Waals surface area contributed by atoms with Gasteiger partial charge in [-0.2, -0.15) is 5.10 Å². The average molecular weight is 373 g/mol. The third-order valence-electron chi connectivity index (χ3n) is 4.05. The van der Waals surface area contributed by atoms with Gasteiger partial charge in [0.05, 0.1) is 23.5 Å². The molecule has 8 nitrogen and oxygen atoms in total. The molecule has 8 heteroatoms. The van der Waals surface area contributed by atoms with Gasteiger partial charge in [0.2, 0.25) is 5.95 Å². The fourth-order valence-electron chi connectivity index (χ4n) is 2.77. The topological polar surface area (TPSA) is 106 Å². The summed E-state index contributed by atoms with van der Waals surface area (Å²) < 4.78 is 5.03. The van der Waals surface area contributed by atoms with E-state index in [1.54, 1.807) is 0 Å². The Labute approximate surface area is 159 Å². The summed E-state index contributed by atoms with van der Waals surface area (Å²) in [6.07, 6.45) is 1.33. The fraction of sp³-hybridized carbons (Fsp3) is 0.0500. The van der Waals surface area contributed by atoms with Crippen LogP contribution in [-0.4, -0.2) is 21.1 Å². The SMILES string of the molecule is Cc1ccc2nc(N/N=C\c3ccc([N+](=O)[O-])o3)nc(-c3ccccc3)c2c1. The van der Waals surface area contributed by atoms with Gasteiger partial charge >= 0.3 is 5.88 Å². The zero-order valence-electron chi connectivity index (χ0n) is 14.9. The van der Waals surface area contributed by atoms with Crippen molar-refractivity contribution < 1.29 is 9.34 Å². The first-order chi connectivity index (χ1) is 13.6. The van der Waals surface area contributed by atoms with E-state index in [9.17, 15) is 10.1 Å². The molecule has 0 fully saturated rings. The van der Waals surface area contributed by atoms with Crippen molar-refractivity contribution >= 4 is 29.0 Å². The van der Waals surface area contributed by atoms with Crippen molar-refractivity contribution in [2.45, 2.75) is 6.92 Å². The molecule has 0 aliphatic heterocycles. The van der Waals surface area contributed by atoms with Gasteiger partial charge in [0, 0.05) is 10.9 Å². The van der Waals surface area contributed by atoms with E-state index in [1.165, 1.54) is 18.3 Å². The summed E-state index contributed by atoms with van der Waals surface area (Å²) in [5.41, 5.74) is 6.43. The highest BCUT2D eigenvalue weighted by atomic mass is 16.6. The van der Waals surface area contributed by atoms with Crippen LogP contribution >= 0.6 is 0 Å². The van der Waals surface area contributed by atoms with Gasteiger partial charge in [0.15, 0.2) is 5.76 Å². The minimum absolute atomic E-state index is 0.249. The zero-order valence-corrected chi connectivity index (χ0v) is 14.9. The van der Waals surface area contributed by atoms with Gasteiger partial charge in [-0.25, -0.2) is 15.4 Å². The number of hydrogen-bond acceptors (Lipinski definition) is 7. The lowest BCUT2D eigenvalue weighted by Gasteiger charge is -2.09. The summed E-state index contributed by atoms with van der Waals surface area (Å²) in [6.45, 7) is 2.02. The number of fused-ring (bicyclic) bond motifs is 1. The monoisotopic (exact) mass is 373 g/mol. The zero-order chi connectivity index (χ0) is 19.5. The lowest BCUT2D eigenvalue weighted by atomic mass is 10.0. The van der Waals surface area contributed by atoms with E-state index in [-0.39, 0.29) is 11.6 Å². The quantitative estimate of drug-likeness (QED) is 0.312. The second-order valence-electron chi connectivity index (χ2n) is 6.09. The van der Waals surface area contributed by atoms with E-state index in [0.717, 1.165) is 27.7 Å². The highest BCUT2D eigenvalue weighted by Crippen LogP contribution is 2.28. The third-order valence-corrected chi connectivity index (χ3v) is 4.05. The summed E-state index contributed by atoms with van der Waals surface area (Å²) in [5.74, 6) is 0.219. The molecule has 0 saturated heterocycles. The molecule has 0 aliphatic rings. The van der Waals surface area contributed by atoms with Crippen molar-refractivity contribution in [1.29, 1.82) is 0 Å². The van der Waals surface area contributed by atoms with E-state index in [2.05, 4.69) is 20.5 Å². The van der Waals surface area contributed by atoms with Crippen LogP contribution in [0.2, 0.25) is 0 Å². The fourth-order valence-corrected chi connectivity index (χ4v) is 2.77. The van der Waals surface area contributed by atoms with Crippen LogP contribution in [0.5, 0.6) is 0 Å². The number of hydrazone groups is 1. The summed E-state index contributed by atoms with van der Waals surface area (Å²) in [5, 5.41) is 15.6. The lowest BCUT2D eigenvalue weighted by Crippen LogP contribution is -2.00. The molecule has 0 amide bonds. The summed E-state index contributed by atoms with van der Waals surface area (Å²) in [6, 6.07) is 18.5.